The highest BCUT2D eigenvalue weighted by atomic mass is 16.7. The normalized spacial score (nSPS) is 20.8. The van der Waals surface area contributed by atoms with Crippen molar-refractivity contribution in [3.05, 3.63) is 31.9 Å². The van der Waals surface area contributed by atoms with Crippen LogP contribution in [-0.2, 0) is 0 Å². The van der Waals surface area contributed by atoms with Crippen LogP contribution in [0.15, 0.2) is 21.6 Å². The van der Waals surface area contributed by atoms with E-state index in [0.29, 0.717) is 15.1 Å². The Hall–Kier alpha value is -2.96. The van der Waals surface area contributed by atoms with Crippen molar-refractivity contribution in [2.45, 2.75) is 0 Å². The van der Waals surface area contributed by atoms with E-state index in [0.717, 1.165) is 0 Å². The van der Waals surface area contributed by atoms with Crippen LogP contribution in [0, 0.1) is 20.2 Å². The average molecular weight is 270 g/mol. The van der Waals surface area contributed by atoms with Crippen molar-refractivity contribution in [3.8, 4) is 0 Å². The molecule has 0 aromatic rings. The van der Waals surface area contributed by atoms with Gasteiger partial charge in [-0.3, -0.25) is 5.21 Å². The molecule has 0 bridgehead atoms. The number of nitro groups is 2. The summed E-state index contributed by atoms with van der Waals surface area (Å²) < 4.78 is 0. The van der Waals surface area contributed by atoms with Crippen LogP contribution in [0.4, 0.5) is 0 Å². The largest absolute Gasteiger partial charge is 0.344 e. The summed E-state index contributed by atoms with van der Waals surface area (Å²) in [5, 5.41) is 34.2. The lowest BCUT2D eigenvalue weighted by Gasteiger charge is -2.22. The van der Waals surface area contributed by atoms with Crippen molar-refractivity contribution < 1.29 is 15.3 Å². The van der Waals surface area contributed by atoms with Crippen molar-refractivity contribution in [1.29, 1.82) is 0 Å². The molecule has 19 heavy (non-hydrogen) atoms. The molecule has 0 aliphatic carbocycles. The standard InChI is InChI=1S/C6H6N8O5/c15-12-4-5(10(2-8-4)13(16)17)9-3-6(12)11(1-7-3)14(18)19/h7,15H,1-2H2. The third-order valence-electron chi connectivity index (χ3n) is 2.66. The summed E-state index contributed by atoms with van der Waals surface area (Å²) >= 11 is 0. The molecule has 0 radical (unpaired) electrons. The van der Waals surface area contributed by atoms with Crippen molar-refractivity contribution in [2.75, 3.05) is 13.3 Å². The number of nitrogens with zero attached hydrogens (tertiary/aromatic N) is 7. The molecular formula is C6H6N8O5. The van der Waals surface area contributed by atoms with E-state index in [1.165, 1.54) is 0 Å². The number of hydroxylamine groups is 2. The molecule has 13 heteroatoms. The highest BCUT2D eigenvalue weighted by Crippen LogP contribution is 2.26. The summed E-state index contributed by atoms with van der Waals surface area (Å²) in [7, 11) is 0. The van der Waals surface area contributed by atoms with Gasteiger partial charge >= 0.3 is 0 Å². The van der Waals surface area contributed by atoms with Crippen LogP contribution in [0.1, 0.15) is 0 Å². The second-order valence-corrected chi connectivity index (χ2v) is 3.65. The predicted molar refractivity (Wildman–Crippen MR) is 56.1 cm³/mol. The molecule has 0 fully saturated rings. The van der Waals surface area contributed by atoms with Gasteiger partial charge in [-0.25, -0.2) is 30.2 Å². The topological polar surface area (TPSA) is 153 Å². The van der Waals surface area contributed by atoms with Gasteiger partial charge in [0.25, 0.3) is 0 Å². The molecule has 3 heterocycles. The van der Waals surface area contributed by atoms with Crippen LogP contribution < -0.4 is 5.32 Å². The fourth-order valence-corrected chi connectivity index (χ4v) is 1.85. The molecule has 0 aromatic heterocycles. The Labute approximate surface area is 103 Å². The summed E-state index contributed by atoms with van der Waals surface area (Å²) in [6.07, 6.45) is 0. The van der Waals surface area contributed by atoms with Crippen LogP contribution in [0.25, 0.3) is 0 Å². The second kappa shape index (κ2) is 3.52. The summed E-state index contributed by atoms with van der Waals surface area (Å²) in [4.78, 5) is 29.1. The van der Waals surface area contributed by atoms with E-state index in [1.807, 2.05) is 0 Å². The zero-order valence-electron chi connectivity index (χ0n) is 9.12. The van der Waals surface area contributed by atoms with Gasteiger partial charge in [-0.05, 0) is 0 Å². The molecule has 3 rings (SSSR count). The van der Waals surface area contributed by atoms with Gasteiger partial charge in [-0.2, -0.15) is 5.06 Å². The predicted octanol–water partition coefficient (Wildman–Crippen LogP) is -1.87. The maximum atomic E-state index is 10.8. The Morgan fingerprint density at radius 2 is 1.89 bits per heavy atom. The summed E-state index contributed by atoms with van der Waals surface area (Å²) in [6, 6.07) is 0. The lowest BCUT2D eigenvalue weighted by atomic mass is 10.4. The Morgan fingerprint density at radius 3 is 2.53 bits per heavy atom. The maximum absolute atomic E-state index is 10.8. The number of fused-ring (bicyclic) bond motifs is 1. The van der Waals surface area contributed by atoms with E-state index in [4.69, 9.17) is 0 Å². The van der Waals surface area contributed by atoms with Crippen LogP contribution >= 0.6 is 0 Å². The number of hydrogen-bond donors (Lipinski definition) is 2. The molecule has 0 atom stereocenters. The van der Waals surface area contributed by atoms with Crippen LogP contribution in [0.3, 0.4) is 0 Å². The van der Waals surface area contributed by atoms with Gasteiger partial charge in [0, 0.05) is 0 Å². The summed E-state index contributed by atoms with van der Waals surface area (Å²) in [5.74, 6) is -0.630. The minimum Gasteiger partial charge on any atom is -0.344 e. The van der Waals surface area contributed by atoms with Crippen molar-refractivity contribution >= 4 is 11.7 Å². The highest BCUT2D eigenvalue weighted by Gasteiger charge is 2.46. The Kier molecular flexibility index (Phi) is 2.06. The quantitative estimate of drug-likeness (QED) is 0.434. The van der Waals surface area contributed by atoms with Gasteiger partial charge in [-0.1, -0.05) is 10.0 Å². The van der Waals surface area contributed by atoms with Gasteiger partial charge in [-0.15, -0.1) is 0 Å². The smallest absolute Gasteiger partial charge is 0.245 e. The number of rotatable bonds is 2. The fraction of sp³-hybridized carbons (Fsp3) is 0.333. The number of nitrogens with one attached hydrogen (secondary N) is 1. The van der Waals surface area contributed by atoms with Crippen LogP contribution in [0.2, 0.25) is 0 Å². The number of amidine groups is 2. The van der Waals surface area contributed by atoms with Gasteiger partial charge in [0.1, 0.15) is 0 Å². The number of hydrogen-bond acceptors (Lipinski definition) is 9. The van der Waals surface area contributed by atoms with Crippen molar-refractivity contribution in [3.63, 3.8) is 0 Å². The second-order valence-electron chi connectivity index (χ2n) is 3.65. The van der Waals surface area contributed by atoms with E-state index in [-0.39, 0.29) is 36.7 Å². The molecule has 0 spiro atoms. The van der Waals surface area contributed by atoms with Crippen LogP contribution in [-0.4, -0.2) is 55.4 Å². The SMILES string of the molecule is O=[N+]([O-])N1CN=C2C1=NC1=C(N2O)N([N+](=O)[O-])CN1. The van der Waals surface area contributed by atoms with Gasteiger partial charge in [0.05, 0.1) is 0 Å². The zero-order valence-corrected chi connectivity index (χ0v) is 9.12. The van der Waals surface area contributed by atoms with Gasteiger partial charge in [0.15, 0.2) is 29.2 Å². The zero-order chi connectivity index (χ0) is 13.7. The molecule has 0 amide bonds. The molecule has 3 aliphatic heterocycles. The third kappa shape index (κ3) is 1.38. The molecule has 0 saturated carbocycles. The summed E-state index contributed by atoms with van der Waals surface area (Å²) in [5.41, 5.74) is 0. The van der Waals surface area contributed by atoms with E-state index >= 15 is 0 Å². The molecule has 0 unspecified atom stereocenters. The minimum absolute atomic E-state index is 0.0260. The molecule has 3 aliphatic rings. The van der Waals surface area contributed by atoms with E-state index < -0.39 is 10.1 Å². The summed E-state index contributed by atoms with van der Waals surface area (Å²) in [6.45, 7) is -0.533. The third-order valence-corrected chi connectivity index (χ3v) is 2.66. The molecule has 13 nitrogen and oxygen atoms in total. The number of hydrazine groups is 2. The molecule has 2 N–H and O–H groups in total. The monoisotopic (exact) mass is 270 g/mol. The number of aliphatic imine (C=N–C) groups is 2. The average Bonchev–Trinajstić information content (AvgIpc) is 2.92. The Balaban J connectivity index is 2.05. The van der Waals surface area contributed by atoms with E-state index in [1.54, 1.807) is 0 Å². The molecule has 100 valence electrons. The first kappa shape index (κ1) is 11.1. The minimum atomic E-state index is -0.736. The fourth-order valence-electron chi connectivity index (χ4n) is 1.85. The van der Waals surface area contributed by atoms with Gasteiger partial charge in [0.2, 0.25) is 17.5 Å². The van der Waals surface area contributed by atoms with Gasteiger partial charge < -0.3 is 5.32 Å². The van der Waals surface area contributed by atoms with Crippen LogP contribution in [0.5, 0.6) is 0 Å². The Bertz CT molecular complexity index is 580. The van der Waals surface area contributed by atoms with E-state index in [9.17, 15) is 25.4 Å². The first-order valence-corrected chi connectivity index (χ1v) is 4.95. The lowest BCUT2D eigenvalue weighted by Crippen LogP contribution is -2.46. The first-order chi connectivity index (χ1) is 9.00. The van der Waals surface area contributed by atoms with E-state index in [2.05, 4.69) is 15.3 Å². The molecular weight excluding hydrogens is 264 g/mol. The lowest BCUT2D eigenvalue weighted by molar-refractivity contribution is -0.646. The molecule has 0 saturated heterocycles. The highest BCUT2D eigenvalue weighted by molar-refractivity contribution is 6.41. The van der Waals surface area contributed by atoms with Crippen molar-refractivity contribution in [2.24, 2.45) is 9.98 Å². The maximum Gasteiger partial charge on any atom is 0.245 e. The molecule has 0 aromatic carbocycles. The first-order valence-electron chi connectivity index (χ1n) is 4.95. The van der Waals surface area contributed by atoms with Crippen molar-refractivity contribution in [1.82, 2.24) is 20.4 Å². The Morgan fingerprint density at radius 1 is 1.21 bits per heavy atom.